The van der Waals surface area contributed by atoms with Gasteiger partial charge in [-0.15, -0.1) is 0 Å². The lowest BCUT2D eigenvalue weighted by molar-refractivity contribution is -0.0262. The third-order valence-electron chi connectivity index (χ3n) is 4.79. The molecule has 0 amide bonds. The molecule has 0 N–H and O–H groups in total. The van der Waals surface area contributed by atoms with Gasteiger partial charge < -0.3 is 0 Å². The Labute approximate surface area is 112 Å². The molecule has 0 aromatic heterocycles. The van der Waals surface area contributed by atoms with E-state index in [0.29, 0.717) is 5.03 Å². The summed E-state index contributed by atoms with van der Waals surface area (Å²) in [6.07, 6.45) is 7.12. The van der Waals surface area contributed by atoms with Crippen LogP contribution in [0.1, 0.15) is 38.5 Å². The molecule has 0 heterocycles. The van der Waals surface area contributed by atoms with Gasteiger partial charge in [-0.1, -0.05) is 11.6 Å². The topological polar surface area (TPSA) is 34.1 Å². The van der Waals surface area contributed by atoms with Crippen molar-refractivity contribution in [1.82, 2.24) is 0 Å². The van der Waals surface area contributed by atoms with Gasteiger partial charge >= 0.3 is 0 Å². The molecule has 4 aliphatic carbocycles. The molecule has 5 heteroatoms. The van der Waals surface area contributed by atoms with Crippen molar-refractivity contribution < 1.29 is 8.42 Å². The molecule has 0 saturated heterocycles. The average molecular weight is 295 g/mol. The Balaban J connectivity index is 1.94. The fourth-order valence-corrected chi connectivity index (χ4v) is 6.14. The van der Waals surface area contributed by atoms with E-state index in [4.69, 9.17) is 22.3 Å². The SMILES string of the molecule is O=S(=O)(Cl)/C=C(\Cl)C12CC3CC(CC(C3)C1)C2. The number of hydrogen-bond acceptors (Lipinski definition) is 2. The Hall–Kier alpha value is 0.270. The van der Waals surface area contributed by atoms with Gasteiger partial charge in [-0.3, -0.25) is 0 Å². The summed E-state index contributed by atoms with van der Waals surface area (Å²) in [4.78, 5) is 0. The second-order valence-corrected chi connectivity index (χ2v) is 9.02. The second-order valence-electron chi connectivity index (χ2n) is 6.14. The molecular weight excluding hydrogens is 279 g/mol. The summed E-state index contributed by atoms with van der Waals surface area (Å²) in [6, 6.07) is 0. The minimum Gasteiger partial charge on any atom is -0.207 e. The summed E-state index contributed by atoms with van der Waals surface area (Å²) >= 11 is 6.28. The minimum atomic E-state index is -3.64. The molecule has 17 heavy (non-hydrogen) atoms. The van der Waals surface area contributed by atoms with Gasteiger partial charge in [-0.05, 0) is 56.3 Å². The first-order chi connectivity index (χ1) is 7.86. The molecule has 4 aliphatic rings. The van der Waals surface area contributed by atoms with Crippen molar-refractivity contribution in [1.29, 1.82) is 0 Å². The molecule has 0 aliphatic heterocycles. The fourth-order valence-electron chi connectivity index (χ4n) is 4.65. The van der Waals surface area contributed by atoms with Crippen LogP contribution in [0.2, 0.25) is 0 Å². The summed E-state index contributed by atoms with van der Waals surface area (Å²) < 4.78 is 22.3. The van der Waals surface area contributed by atoms with Crippen molar-refractivity contribution in [3.05, 3.63) is 10.4 Å². The summed E-state index contributed by atoms with van der Waals surface area (Å²) in [6.45, 7) is 0. The molecule has 4 bridgehead atoms. The molecule has 0 aromatic carbocycles. The van der Waals surface area contributed by atoms with Gasteiger partial charge in [0, 0.05) is 21.1 Å². The molecular formula is C12H16Cl2O2S. The zero-order valence-electron chi connectivity index (χ0n) is 9.53. The lowest BCUT2D eigenvalue weighted by atomic mass is 9.49. The van der Waals surface area contributed by atoms with Crippen LogP contribution in [0.4, 0.5) is 0 Å². The van der Waals surface area contributed by atoms with E-state index in [2.05, 4.69) is 0 Å². The van der Waals surface area contributed by atoms with Crippen molar-refractivity contribution in [2.75, 3.05) is 0 Å². The lowest BCUT2D eigenvalue weighted by Crippen LogP contribution is -2.46. The maximum Gasteiger partial charge on any atom is 0.255 e. The lowest BCUT2D eigenvalue weighted by Gasteiger charge is -2.56. The molecule has 0 unspecified atom stereocenters. The Morgan fingerprint density at radius 2 is 1.47 bits per heavy atom. The van der Waals surface area contributed by atoms with Crippen LogP contribution in [0.15, 0.2) is 10.4 Å². The molecule has 0 spiro atoms. The fraction of sp³-hybridized carbons (Fsp3) is 0.833. The first-order valence-corrected chi connectivity index (χ1v) is 8.94. The number of allylic oxidation sites excluding steroid dienone is 1. The molecule has 0 aromatic rings. The number of rotatable bonds is 2. The third kappa shape index (κ3) is 2.26. The van der Waals surface area contributed by atoms with Gasteiger partial charge in [0.25, 0.3) is 9.05 Å². The van der Waals surface area contributed by atoms with Crippen LogP contribution in [-0.4, -0.2) is 8.42 Å². The van der Waals surface area contributed by atoms with Gasteiger partial charge in [0.1, 0.15) is 0 Å². The zero-order chi connectivity index (χ0) is 12.3. The van der Waals surface area contributed by atoms with Crippen LogP contribution in [-0.2, 0) is 9.05 Å². The molecule has 96 valence electrons. The van der Waals surface area contributed by atoms with Crippen molar-refractivity contribution in [3.63, 3.8) is 0 Å². The summed E-state index contributed by atoms with van der Waals surface area (Å²) in [5.41, 5.74) is -0.0712. The Bertz CT molecular complexity index is 432. The molecule has 4 saturated carbocycles. The van der Waals surface area contributed by atoms with Crippen LogP contribution in [0, 0.1) is 23.2 Å². The van der Waals surface area contributed by atoms with Crippen LogP contribution >= 0.6 is 22.3 Å². The maximum absolute atomic E-state index is 11.1. The second kappa shape index (κ2) is 3.88. The number of halogens is 2. The molecule has 4 rings (SSSR count). The van der Waals surface area contributed by atoms with Gasteiger partial charge in [-0.2, -0.15) is 0 Å². The molecule has 4 fully saturated rings. The predicted molar refractivity (Wildman–Crippen MR) is 69.3 cm³/mol. The first-order valence-electron chi connectivity index (χ1n) is 6.19. The van der Waals surface area contributed by atoms with Crippen LogP contribution in [0.3, 0.4) is 0 Å². The monoisotopic (exact) mass is 294 g/mol. The largest absolute Gasteiger partial charge is 0.255 e. The van der Waals surface area contributed by atoms with Crippen molar-refractivity contribution in [3.8, 4) is 0 Å². The van der Waals surface area contributed by atoms with Crippen molar-refractivity contribution in [2.45, 2.75) is 38.5 Å². The third-order valence-corrected chi connectivity index (χ3v) is 6.21. The predicted octanol–water partition coefficient (Wildman–Crippen LogP) is 3.85. The van der Waals surface area contributed by atoms with E-state index in [9.17, 15) is 8.42 Å². The van der Waals surface area contributed by atoms with E-state index in [-0.39, 0.29) is 5.41 Å². The summed E-state index contributed by atoms with van der Waals surface area (Å²) in [5, 5.41) is 1.55. The summed E-state index contributed by atoms with van der Waals surface area (Å²) in [5.74, 6) is 2.25. The van der Waals surface area contributed by atoms with E-state index in [1.165, 1.54) is 19.3 Å². The molecule has 2 nitrogen and oxygen atoms in total. The van der Waals surface area contributed by atoms with Gasteiger partial charge in [0.15, 0.2) is 0 Å². The quantitative estimate of drug-likeness (QED) is 0.725. The van der Waals surface area contributed by atoms with Crippen LogP contribution in [0.25, 0.3) is 0 Å². The van der Waals surface area contributed by atoms with Gasteiger partial charge in [-0.25, -0.2) is 8.42 Å². The Kier molecular flexibility index (Phi) is 2.81. The van der Waals surface area contributed by atoms with E-state index in [0.717, 1.165) is 42.4 Å². The highest BCUT2D eigenvalue weighted by molar-refractivity contribution is 8.16. The van der Waals surface area contributed by atoms with E-state index in [1.54, 1.807) is 0 Å². The standard InChI is InChI=1S/C12H16Cl2O2S/c13-11(7-17(14,15)16)12-4-8-1-9(5-12)3-10(2-8)6-12/h7-10H,1-6H2/b11-7-. The Morgan fingerprint density at radius 3 is 1.82 bits per heavy atom. The van der Waals surface area contributed by atoms with E-state index < -0.39 is 9.05 Å². The summed E-state index contributed by atoms with van der Waals surface area (Å²) in [7, 11) is 1.64. The Morgan fingerprint density at radius 1 is 1.06 bits per heavy atom. The molecule has 0 radical (unpaired) electrons. The van der Waals surface area contributed by atoms with Crippen molar-refractivity contribution in [2.24, 2.45) is 23.2 Å². The van der Waals surface area contributed by atoms with Gasteiger partial charge in [0.2, 0.25) is 0 Å². The first kappa shape index (κ1) is 12.3. The number of hydrogen-bond donors (Lipinski definition) is 0. The van der Waals surface area contributed by atoms with Crippen molar-refractivity contribution >= 4 is 31.3 Å². The van der Waals surface area contributed by atoms with E-state index >= 15 is 0 Å². The maximum atomic E-state index is 11.1. The van der Waals surface area contributed by atoms with Gasteiger partial charge in [0.05, 0.1) is 5.41 Å². The highest BCUT2D eigenvalue weighted by Crippen LogP contribution is 2.63. The smallest absolute Gasteiger partial charge is 0.207 e. The average Bonchev–Trinajstić information content (AvgIpc) is 2.12. The minimum absolute atomic E-state index is 0.0712. The normalized spacial score (nSPS) is 45.3. The van der Waals surface area contributed by atoms with E-state index in [1.807, 2.05) is 0 Å². The van der Waals surface area contributed by atoms with Crippen LogP contribution < -0.4 is 0 Å². The van der Waals surface area contributed by atoms with Crippen LogP contribution in [0.5, 0.6) is 0 Å². The highest BCUT2D eigenvalue weighted by Gasteiger charge is 2.52. The highest BCUT2D eigenvalue weighted by atomic mass is 35.7. The molecule has 0 atom stereocenters. The zero-order valence-corrected chi connectivity index (χ0v) is 11.9.